The second-order valence-electron chi connectivity index (χ2n) is 2.80. The predicted molar refractivity (Wildman–Crippen MR) is 48.7 cm³/mol. The molecule has 1 atom stereocenters. The molecule has 13 heavy (non-hydrogen) atoms. The van der Waals surface area contributed by atoms with Crippen LogP contribution in [0.2, 0.25) is 0 Å². The van der Waals surface area contributed by atoms with Crippen LogP contribution in [0.5, 0.6) is 0 Å². The molecule has 0 aromatic heterocycles. The van der Waals surface area contributed by atoms with Crippen molar-refractivity contribution in [3.05, 3.63) is 0 Å². The zero-order valence-electron chi connectivity index (χ0n) is 7.82. The van der Waals surface area contributed by atoms with E-state index in [1.807, 2.05) is 0 Å². The van der Waals surface area contributed by atoms with E-state index in [0.717, 1.165) is 6.26 Å². The normalized spacial score (nSPS) is 13.8. The molecule has 6 heteroatoms. The Morgan fingerprint density at radius 1 is 1.54 bits per heavy atom. The average Bonchev–Trinajstić information content (AvgIpc) is 1.95. The minimum absolute atomic E-state index is 0.259. The highest BCUT2D eigenvalue weighted by Crippen LogP contribution is 2.08. The number of hydrogen-bond acceptors (Lipinski definition) is 5. The molecule has 0 aliphatic rings. The third-order valence-corrected chi connectivity index (χ3v) is 2.71. The van der Waals surface area contributed by atoms with Crippen LogP contribution in [0.1, 0.15) is 19.8 Å². The maximum atomic E-state index is 11.1. The van der Waals surface area contributed by atoms with Gasteiger partial charge in [-0.25, -0.2) is 8.42 Å². The van der Waals surface area contributed by atoms with E-state index in [1.54, 1.807) is 0 Å². The van der Waals surface area contributed by atoms with Gasteiger partial charge in [0.15, 0.2) is 9.84 Å². The maximum Gasteiger partial charge on any atom is 0.303 e. The van der Waals surface area contributed by atoms with Gasteiger partial charge in [0, 0.05) is 19.6 Å². The summed E-state index contributed by atoms with van der Waals surface area (Å²) >= 11 is 0. The van der Waals surface area contributed by atoms with Crippen molar-refractivity contribution in [2.45, 2.75) is 25.2 Å². The molecule has 78 valence electrons. The van der Waals surface area contributed by atoms with Crippen molar-refractivity contribution in [3.8, 4) is 0 Å². The topological polar surface area (TPSA) is 86.5 Å². The van der Waals surface area contributed by atoms with Gasteiger partial charge in [0.2, 0.25) is 5.44 Å². The Morgan fingerprint density at radius 2 is 2.08 bits per heavy atom. The number of esters is 1. The second-order valence-corrected chi connectivity index (χ2v) is 4.98. The summed E-state index contributed by atoms with van der Waals surface area (Å²) in [5.74, 6) is -0.590. The highest BCUT2D eigenvalue weighted by Gasteiger charge is 2.22. The highest BCUT2D eigenvalue weighted by atomic mass is 32.2. The smallest absolute Gasteiger partial charge is 0.303 e. The van der Waals surface area contributed by atoms with Gasteiger partial charge >= 0.3 is 5.97 Å². The lowest BCUT2D eigenvalue weighted by Crippen LogP contribution is -2.26. The first-order valence-corrected chi connectivity index (χ1v) is 5.89. The van der Waals surface area contributed by atoms with Gasteiger partial charge in [0.05, 0.1) is 0 Å². The fourth-order valence-electron chi connectivity index (χ4n) is 0.830. The van der Waals surface area contributed by atoms with Crippen molar-refractivity contribution < 1.29 is 17.9 Å². The Hall–Kier alpha value is -0.620. The first-order valence-electron chi connectivity index (χ1n) is 3.94. The molecule has 0 aromatic rings. The second kappa shape index (κ2) is 5.18. The molecule has 0 saturated heterocycles. The third-order valence-electron chi connectivity index (χ3n) is 1.42. The first-order chi connectivity index (χ1) is 5.88. The Kier molecular flexibility index (Phi) is 4.94. The molecular weight excluding hydrogens is 194 g/mol. The summed E-state index contributed by atoms with van der Waals surface area (Å²) in [4.78, 5) is 10.5. The number of ether oxygens (including phenoxy) is 1. The molecule has 5 nitrogen and oxygen atoms in total. The van der Waals surface area contributed by atoms with Gasteiger partial charge in [0.1, 0.15) is 0 Å². The van der Waals surface area contributed by atoms with Crippen molar-refractivity contribution >= 4 is 15.8 Å². The van der Waals surface area contributed by atoms with Crippen LogP contribution in [-0.4, -0.2) is 32.6 Å². The van der Waals surface area contributed by atoms with Gasteiger partial charge in [0.25, 0.3) is 0 Å². The number of sulfone groups is 1. The Labute approximate surface area is 78.2 Å². The molecule has 0 aromatic carbocycles. The molecule has 0 rings (SSSR count). The van der Waals surface area contributed by atoms with Crippen LogP contribution in [0.4, 0.5) is 0 Å². The minimum Gasteiger partial charge on any atom is -0.446 e. The van der Waals surface area contributed by atoms with E-state index in [4.69, 9.17) is 5.73 Å². The van der Waals surface area contributed by atoms with E-state index in [-0.39, 0.29) is 6.42 Å². The first kappa shape index (κ1) is 12.4. The van der Waals surface area contributed by atoms with Gasteiger partial charge in [-0.2, -0.15) is 0 Å². The summed E-state index contributed by atoms with van der Waals surface area (Å²) in [6.45, 7) is 1.56. The molecule has 0 heterocycles. The summed E-state index contributed by atoms with van der Waals surface area (Å²) in [6.07, 6.45) is 1.82. The summed E-state index contributed by atoms with van der Waals surface area (Å²) in [7, 11) is -3.33. The summed E-state index contributed by atoms with van der Waals surface area (Å²) in [5.41, 5.74) is 4.17. The molecule has 0 fully saturated rings. The van der Waals surface area contributed by atoms with E-state index in [2.05, 4.69) is 4.74 Å². The molecular formula is C7H15NO4S. The molecule has 1 unspecified atom stereocenters. The van der Waals surface area contributed by atoms with E-state index in [9.17, 15) is 13.2 Å². The van der Waals surface area contributed by atoms with Gasteiger partial charge in [-0.3, -0.25) is 4.79 Å². The van der Waals surface area contributed by atoms with E-state index in [0.29, 0.717) is 13.0 Å². The average molecular weight is 209 g/mol. The molecule has 0 bridgehead atoms. The lowest BCUT2D eigenvalue weighted by Gasteiger charge is -2.14. The fraction of sp³-hybridized carbons (Fsp3) is 0.857. The van der Waals surface area contributed by atoms with Crippen molar-refractivity contribution in [2.24, 2.45) is 5.73 Å². The Morgan fingerprint density at radius 3 is 2.38 bits per heavy atom. The van der Waals surface area contributed by atoms with E-state index < -0.39 is 21.2 Å². The van der Waals surface area contributed by atoms with Crippen molar-refractivity contribution in [1.29, 1.82) is 0 Å². The number of nitrogens with two attached hydrogens (primary N) is 1. The lowest BCUT2D eigenvalue weighted by atomic mass is 10.3. The highest BCUT2D eigenvalue weighted by molar-refractivity contribution is 7.91. The predicted octanol–water partition coefficient (Wildman–Crippen LogP) is -0.341. The SMILES string of the molecule is CC(=O)OC(CCCN)S(C)(=O)=O. The number of rotatable bonds is 5. The van der Waals surface area contributed by atoms with Gasteiger partial charge < -0.3 is 10.5 Å². The summed E-state index contributed by atoms with van der Waals surface area (Å²) in [6, 6.07) is 0. The molecule has 0 radical (unpaired) electrons. The summed E-state index contributed by atoms with van der Waals surface area (Å²) < 4.78 is 26.7. The van der Waals surface area contributed by atoms with Crippen LogP contribution in [0, 0.1) is 0 Å². The van der Waals surface area contributed by atoms with Crippen LogP contribution < -0.4 is 5.73 Å². The van der Waals surface area contributed by atoms with Gasteiger partial charge in [-0.15, -0.1) is 0 Å². The van der Waals surface area contributed by atoms with Gasteiger partial charge in [-0.05, 0) is 13.0 Å². The van der Waals surface area contributed by atoms with Crippen LogP contribution in [0.15, 0.2) is 0 Å². The quantitative estimate of drug-likeness (QED) is 0.626. The number of hydrogen-bond donors (Lipinski definition) is 1. The summed E-state index contributed by atoms with van der Waals surface area (Å²) in [5, 5.41) is 0. The third kappa shape index (κ3) is 5.59. The standard InChI is InChI=1S/C7H15NO4S/c1-6(9)12-7(4-3-5-8)13(2,10)11/h7H,3-5,8H2,1-2H3. The Bertz CT molecular complexity index is 260. The van der Waals surface area contributed by atoms with Crippen LogP contribution in [-0.2, 0) is 19.4 Å². The minimum atomic E-state index is -3.33. The Balaban J connectivity index is 4.29. The monoisotopic (exact) mass is 209 g/mol. The molecule has 0 aliphatic carbocycles. The number of carbonyl (C=O) groups is 1. The molecule has 0 saturated carbocycles. The molecule has 2 N–H and O–H groups in total. The van der Waals surface area contributed by atoms with Crippen LogP contribution in [0.3, 0.4) is 0 Å². The largest absolute Gasteiger partial charge is 0.446 e. The van der Waals surface area contributed by atoms with Crippen molar-refractivity contribution in [1.82, 2.24) is 0 Å². The zero-order valence-corrected chi connectivity index (χ0v) is 8.63. The van der Waals surface area contributed by atoms with Gasteiger partial charge in [-0.1, -0.05) is 0 Å². The van der Waals surface area contributed by atoms with Crippen molar-refractivity contribution in [2.75, 3.05) is 12.8 Å². The number of carbonyl (C=O) groups excluding carboxylic acids is 1. The zero-order chi connectivity index (χ0) is 10.5. The van der Waals surface area contributed by atoms with Crippen LogP contribution >= 0.6 is 0 Å². The lowest BCUT2D eigenvalue weighted by molar-refractivity contribution is -0.142. The maximum absolute atomic E-state index is 11.1. The van der Waals surface area contributed by atoms with E-state index in [1.165, 1.54) is 6.92 Å². The van der Waals surface area contributed by atoms with Crippen molar-refractivity contribution in [3.63, 3.8) is 0 Å². The molecule has 0 amide bonds. The fourth-order valence-corrected chi connectivity index (χ4v) is 1.74. The molecule has 0 aliphatic heterocycles. The van der Waals surface area contributed by atoms with Crippen LogP contribution in [0.25, 0.3) is 0 Å². The molecule has 0 spiro atoms. The van der Waals surface area contributed by atoms with E-state index >= 15 is 0 Å².